The van der Waals surface area contributed by atoms with E-state index in [1.54, 1.807) is 6.07 Å². The van der Waals surface area contributed by atoms with Crippen LogP contribution in [0.2, 0.25) is 10.0 Å². The second kappa shape index (κ2) is 10.1. The molecule has 0 aliphatic heterocycles. The summed E-state index contributed by atoms with van der Waals surface area (Å²) in [7, 11) is 0. The minimum Gasteiger partial charge on any atom is -0.483 e. The van der Waals surface area contributed by atoms with Gasteiger partial charge in [0.2, 0.25) is 0 Å². The van der Waals surface area contributed by atoms with Crippen LogP contribution in [0.15, 0.2) is 59.1 Å². The summed E-state index contributed by atoms with van der Waals surface area (Å²) in [4.78, 5) is 24.2. The number of hydrazine groups is 1. The molecular formula is C20H14BrCl2N3O3S. The van der Waals surface area contributed by atoms with Crippen LogP contribution in [-0.4, -0.2) is 23.5 Å². The van der Waals surface area contributed by atoms with Crippen LogP contribution in [0.5, 0.6) is 5.75 Å². The molecule has 3 N–H and O–H groups in total. The van der Waals surface area contributed by atoms with Gasteiger partial charge in [-0.15, -0.1) is 0 Å². The first kappa shape index (κ1) is 22.3. The van der Waals surface area contributed by atoms with Crippen molar-refractivity contribution in [3.05, 3.63) is 74.7 Å². The van der Waals surface area contributed by atoms with Crippen LogP contribution in [0.3, 0.4) is 0 Å². The summed E-state index contributed by atoms with van der Waals surface area (Å²) < 4.78 is 6.31. The van der Waals surface area contributed by atoms with E-state index in [1.165, 1.54) is 18.2 Å². The lowest BCUT2D eigenvalue weighted by Crippen LogP contribution is -2.49. The van der Waals surface area contributed by atoms with Crippen LogP contribution in [-0.2, 0) is 4.79 Å². The maximum absolute atomic E-state index is 12.2. The van der Waals surface area contributed by atoms with Gasteiger partial charge in [-0.1, -0.05) is 53.5 Å². The Bertz CT molecular complexity index is 1140. The molecule has 3 rings (SSSR count). The third-order valence-electron chi connectivity index (χ3n) is 3.90. The SMILES string of the molecule is O=C(COc1ccc2ccccc2c1Br)NNC(=S)NC(=O)c1ccc(Cl)cc1Cl. The number of benzene rings is 3. The van der Waals surface area contributed by atoms with E-state index in [2.05, 4.69) is 32.1 Å². The van der Waals surface area contributed by atoms with Crippen molar-refractivity contribution in [3.63, 3.8) is 0 Å². The average molecular weight is 527 g/mol. The van der Waals surface area contributed by atoms with Crippen molar-refractivity contribution in [3.8, 4) is 5.75 Å². The third-order valence-corrected chi connectivity index (χ3v) is 5.47. The molecule has 10 heteroatoms. The highest BCUT2D eigenvalue weighted by molar-refractivity contribution is 9.10. The van der Waals surface area contributed by atoms with Gasteiger partial charge in [0, 0.05) is 5.02 Å². The van der Waals surface area contributed by atoms with E-state index in [1.807, 2.05) is 30.3 Å². The van der Waals surface area contributed by atoms with Crippen molar-refractivity contribution in [2.45, 2.75) is 0 Å². The molecule has 0 aliphatic rings. The molecule has 154 valence electrons. The smallest absolute Gasteiger partial charge is 0.276 e. The Hall–Kier alpha value is -2.39. The van der Waals surface area contributed by atoms with Gasteiger partial charge < -0.3 is 4.74 Å². The minimum atomic E-state index is -0.542. The zero-order chi connectivity index (χ0) is 21.7. The predicted molar refractivity (Wildman–Crippen MR) is 125 cm³/mol. The Labute approximate surface area is 196 Å². The number of ether oxygens (including phenoxy) is 1. The van der Waals surface area contributed by atoms with Crippen molar-refractivity contribution in [1.29, 1.82) is 0 Å². The highest BCUT2D eigenvalue weighted by Gasteiger charge is 2.13. The number of carbonyl (C=O) groups is 2. The molecule has 30 heavy (non-hydrogen) atoms. The Balaban J connectivity index is 1.49. The fourth-order valence-corrected chi connectivity index (χ4v) is 3.75. The van der Waals surface area contributed by atoms with Gasteiger partial charge in [-0.3, -0.25) is 25.8 Å². The average Bonchev–Trinajstić information content (AvgIpc) is 2.72. The Morgan fingerprint density at radius 1 is 1.03 bits per heavy atom. The van der Waals surface area contributed by atoms with Gasteiger partial charge in [-0.2, -0.15) is 0 Å². The largest absolute Gasteiger partial charge is 0.483 e. The number of hydrogen-bond acceptors (Lipinski definition) is 4. The van der Waals surface area contributed by atoms with Crippen LogP contribution in [0.25, 0.3) is 10.8 Å². The Kier molecular flexibility index (Phi) is 7.49. The number of thiocarbonyl (C=S) groups is 1. The molecule has 0 radical (unpaired) electrons. The maximum atomic E-state index is 12.2. The van der Waals surface area contributed by atoms with Crippen molar-refractivity contribution in [1.82, 2.24) is 16.2 Å². The second-order valence-electron chi connectivity index (χ2n) is 5.97. The number of hydrogen-bond donors (Lipinski definition) is 3. The quantitative estimate of drug-likeness (QED) is 0.341. The van der Waals surface area contributed by atoms with Gasteiger partial charge in [-0.05, 0) is 63.2 Å². The summed E-state index contributed by atoms with van der Waals surface area (Å²) in [5.41, 5.74) is 4.98. The maximum Gasteiger partial charge on any atom is 0.276 e. The van der Waals surface area contributed by atoms with E-state index < -0.39 is 11.8 Å². The standard InChI is InChI=1S/C20H14BrCl2N3O3S/c21-18-13-4-2-1-3-11(13)5-8-16(18)29-10-17(27)25-26-20(30)24-19(28)14-7-6-12(22)9-15(14)23/h1-9H,10H2,(H,25,27)(H2,24,26,28,30). The summed E-state index contributed by atoms with van der Waals surface area (Å²) in [6.07, 6.45) is 0. The molecule has 0 fully saturated rings. The van der Waals surface area contributed by atoms with E-state index in [4.69, 9.17) is 40.2 Å². The van der Waals surface area contributed by atoms with Gasteiger partial charge in [-0.25, -0.2) is 0 Å². The van der Waals surface area contributed by atoms with E-state index in [9.17, 15) is 9.59 Å². The molecule has 0 bridgehead atoms. The fourth-order valence-electron chi connectivity index (χ4n) is 2.51. The van der Waals surface area contributed by atoms with Gasteiger partial charge >= 0.3 is 0 Å². The normalized spacial score (nSPS) is 10.4. The lowest BCUT2D eigenvalue weighted by molar-refractivity contribution is -0.123. The minimum absolute atomic E-state index is 0.105. The summed E-state index contributed by atoms with van der Waals surface area (Å²) in [6.45, 7) is -0.260. The van der Waals surface area contributed by atoms with Crippen LogP contribution in [0.4, 0.5) is 0 Å². The predicted octanol–water partition coefficient (Wildman–Crippen LogP) is 4.62. The van der Waals surface area contributed by atoms with Crippen molar-refractivity contribution >= 4 is 79.0 Å². The van der Waals surface area contributed by atoms with Crippen LogP contribution >= 0.6 is 51.3 Å². The van der Waals surface area contributed by atoms with Gasteiger partial charge in [0.05, 0.1) is 15.1 Å². The number of carbonyl (C=O) groups excluding carboxylic acids is 2. The summed E-state index contributed by atoms with van der Waals surface area (Å²) in [5, 5.41) is 4.90. The van der Waals surface area contributed by atoms with Gasteiger partial charge in [0.15, 0.2) is 11.7 Å². The summed E-state index contributed by atoms with van der Waals surface area (Å²) >= 11 is 20.3. The monoisotopic (exact) mass is 525 g/mol. The van der Waals surface area contributed by atoms with Crippen LogP contribution in [0.1, 0.15) is 10.4 Å². The summed E-state index contributed by atoms with van der Waals surface area (Å²) in [5.74, 6) is -0.506. The molecule has 0 saturated heterocycles. The van der Waals surface area contributed by atoms with Gasteiger partial charge in [0.25, 0.3) is 11.8 Å². The Morgan fingerprint density at radius 2 is 1.80 bits per heavy atom. The molecular weight excluding hydrogens is 513 g/mol. The first-order chi connectivity index (χ1) is 14.3. The van der Waals surface area contributed by atoms with E-state index in [-0.39, 0.29) is 22.3 Å². The van der Waals surface area contributed by atoms with Crippen molar-refractivity contribution < 1.29 is 14.3 Å². The highest BCUT2D eigenvalue weighted by Crippen LogP contribution is 2.32. The van der Waals surface area contributed by atoms with E-state index >= 15 is 0 Å². The molecule has 0 spiro atoms. The van der Waals surface area contributed by atoms with Crippen LogP contribution in [0, 0.1) is 0 Å². The number of amides is 2. The lowest BCUT2D eigenvalue weighted by atomic mass is 10.1. The molecule has 0 aromatic heterocycles. The molecule has 3 aromatic rings. The zero-order valence-corrected chi connectivity index (χ0v) is 19.1. The number of rotatable bonds is 4. The van der Waals surface area contributed by atoms with E-state index in [0.717, 1.165) is 15.2 Å². The first-order valence-corrected chi connectivity index (χ1v) is 10.5. The Morgan fingerprint density at radius 3 is 2.57 bits per heavy atom. The molecule has 6 nitrogen and oxygen atoms in total. The molecule has 3 aromatic carbocycles. The third kappa shape index (κ3) is 5.60. The first-order valence-electron chi connectivity index (χ1n) is 8.50. The molecule has 0 saturated carbocycles. The van der Waals surface area contributed by atoms with Crippen molar-refractivity contribution in [2.24, 2.45) is 0 Å². The molecule has 2 amide bonds. The zero-order valence-electron chi connectivity index (χ0n) is 15.2. The number of halogens is 3. The molecule has 0 unspecified atom stereocenters. The lowest BCUT2D eigenvalue weighted by Gasteiger charge is -2.13. The molecule has 0 aliphatic carbocycles. The topological polar surface area (TPSA) is 79.5 Å². The molecule has 0 atom stereocenters. The van der Waals surface area contributed by atoms with E-state index in [0.29, 0.717) is 10.8 Å². The highest BCUT2D eigenvalue weighted by atomic mass is 79.9. The van der Waals surface area contributed by atoms with Gasteiger partial charge in [0.1, 0.15) is 5.75 Å². The second-order valence-corrected chi connectivity index (χ2v) is 8.01. The number of fused-ring (bicyclic) bond motifs is 1. The molecule has 0 heterocycles. The fraction of sp³-hybridized carbons (Fsp3) is 0.0500. The van der Waals surface area contributed by atoms with Crippen LogP contribution < -0.4 is 20.9 Å². The van der Waals surface area contributed by atoms with Crippen molar-refractivity contribution in [2.75, 3.05) is 6.61 Å². The summed E-state index contributed by atoms with van der Waals surface area (Å²) in [6, 6.07) is 15.9. The number of nitrogens with one attached hydrogen (secondary N) is 3.